The van der Waals surface area contributed by atoms with Gasteiger partial charge in [-0.05, 0) is 28.1 Å². The fourth-order valence-electron chi connectivity index (χ4n) is 1.86. The second kappa shape index (κ2) is 6.97. The third-order valence-electron chi connectivity index (χ3n) is 3.00. The second-order valence-electron chi connectivity index (χ2n) is 4.54. The van der Waals surface area contributed by atoms with Gasteiger partial charge in [0.1, 0.15) is 11.6 Å². The molecule has 3 aromatic rings. The number of benzene rings is 2. The summed E-state index contributed by atoms with van der Waals surface area (Å²) in [5.74, 6) is -1.35. The molecule has 0 spiro atoms. The number of rotatable bonds is 4. The summed E-state index contributed by atoms with van der Waals surface area (Å²) in [4.78, 5) is 4.40. The van der Waals surface area contributed by atoms with Gasteiger partial charge in [0.15, 0.2) is 0 Å². The van der Waals surface area contributed by atoms with Crippen LogP contribution in [-0.2, 0) is 0 Å². The van der Waals surface area contributed by atoms with Crippen molar-refractivity contribution in [2.24, 2.45) is 5.10 Å². The van der Waals surface area contributed by atoms with Crippen LogP contribution in [0.2, 0.25) is 0 Å². The monoisotopic (exact) mass is 393 g/mol. The molecule has 0 unspecified atom stereocenters. The highest BCUT2D eigenvalue weighted by Crippen LogP contribution is 2.25. The van der Waals surface area contributed by atoms with Crippen molar-refractivity contribution in [3.8, 4) is 11.3 Å². The lowest BCUT2D eigenvalue weighted by atomic mass is 10.2. The Morgan fingerprint density at radius 1 is 1.13 bits per heavy atom. The molecular weight excluding hydrogens is 384 g/mol. The Morgan fingerprint density at radius 2 is 1.91 bits per heavy atom. The molecule has 0 atom stereocenters. The van der Waals surface area contributed by atoms with Gasteiger partial charge in [0.25, 0.3) is 0 Å². The van der Waals surface area contributed by atoms with Crippen LogP contribution < -0.4 is 5.43 Å². The van der Waals surface area contributed by atoms with Crippen LogP contribution >= 0.6 is 27.3 Å². The molecule has 3 nitrogen and oxygen atoms in total. The summed E-state index contributed by atoms with van der Waals surface area (Å²) in [6, 6.07) is 12.2. The van der Waals surface area contributed by atoms with Crippen LogP contribution in [0.4, 0.5) is 13.9 Å². The van der Waals surface area contributed by atoms with Gasteiger partial charge in [-0.3, -0.25) is 5.43 Å². The van der Waals surface area contributed by atoms with E-state index in [-0.39, 0.29) is 10.0 Å². The number of thiazole rings is 1. The maximum Gasteiger partial charge on any atom is 0.203 e. The van der Waals surface area contributed by atoms with E-state index in [9.17, 15) is 8.78 Å². The van der Waals surface area contributed by atoms with Crippen molar-refractivity contribution < 1.29 is 8.78 Å². The lowest BCUT2D eigenvalue weighted by Crippen LogP contribution is -1.95. The largest absolute Gasteiger partial charge is 0.253 e. The van der Waals surface area contributed by atoms with Crippen molar-refractivity contribution in [2.45, 2.75) is 0 Å². The van der Waals surface area contributed by atoms with Crippen LogP contribution in [0.15, 0.2) is 57.4 Å². The predicted molar refractivity (Wildman–Crippen MR) is 92.8 cm³/mol. The average Bonchev–Trinajstić information content (AvgIpc) is 3.05. The number of anilines is 1. The molecule has 0 saturated carbocycles. The van der Waals surface area contributed by atoms with Crippen molar-refractivity contribution >= 4 is 38.6 Å². The SMILES string of the molecule is Fc1ccc(C=NNc2nc(-c3ccccc3)cs2)c(F)c1Br. The molecular formula is C16H10BrF2N3S. The zero-order valence-corrected chi connectivity index (χ0v) is 14.0. The first-order valence-electron chi connectivity index (χ1n) is 6.58. The van der Waals surface area contributed by atoms with Crippen molar-refractivity contribution in [3.63, 3.8) is 0 Å². The van der Waals surface area contributed by atoms with Crippen LogP contribution in [0.25, 0.3) is 11.3 Å². The van der Waals surface area contributed by atoms with Gasteiger partial charge < -0.3 is 0 Å². The van der Waals surface area contributed by atoms with Crippen LogP contribution in [0.5, 0.6) is 0 Å². The fraction of sp³-hybridized carbons (Fsp3) is 0. The molecule has 0 saturated heterocycles. The number of halogens is 3. The van der Waals surface area contributed by atoms with E-state index in [4.69, 9.17) is 0 Å². The number of hydrazone groups is 1. The molecule has 0 aliphatic rings. The lowest BCUT2D eigenvalue weighted by Gasteiger charge is -2.00. The normalized spacial score (nSPS) is 11.1. The van der Waals surface area contributed by atoms with E-state index < -0.39 is 11.6 Å². The molecule has 1 heterocycles. The number of aromatic nitrogens is 1. The average molecular weight is 394 g/mol. The smallest absolute Gasteiger partial charge is 0.203 e. The molecule has 0 amide bonds. The van der Waals surface area contributed by atoms with E-state index in [0.29, 0.717) is 5.13 Å². The number of hydrogen-bond acceptors (Lipinski definition) is 4. The van der Waals surface area contributed by atoms with E-state index in [2.05, 4.69) is 31.4 Å². The van der Waals surface area contributed by atoms with Gasteiger partial charge in [-0.25, -0.2) is 13.8 Å². The van der Waals surface area contributed by atoms with Crippen molar-refractivity contribution in [2.75, 3.05) is 5.43 Å². The molecule has 0 aliphatic heterocycles. The molecule has 0 aliphatic carbocycles. The Hall–Kier alpha value is -2.12. The summed E-state index contributed by atoms with van der Waals surface area (Å²) in [6.45, 7) is 0. The first-order chi connectivity index (χ1) is 11.1. The Morgan fingerprint density at radius 3 is 2.70 bits per heavy atom. The van der Waals surface area contributed by atoms with Gasteiger partial charge >= 0.3 is 0 Å². The highest BCUT2D eigenvalue weighted by Gasteiger charge is 2.09. The highest BCUT2D eigenvalue weighted by molar-refractivity contribution is 9.10. The van der Waals surface area contributed by atoms with E-state index in [1.165, 1.54) is 29.7 Å². The molecule has 23 heavy (non-hydrogen) atoms. The maximum atomic E-state index is 13.8. The Bertz CT molecular complexity index is 850. The molecule has 0 bridgehead atoms. The van der Waals surface area contributed by atoms with Crippen LogP contribution in [0.1, 0.15) is 5.56 Å². The molecule has 1 N–H and O–H groups in total. The van der Waals surface area contributed by atoms with Crippen molar-refractivity contribution in [3.05, 3.63) is 69.5 Å². The van der Waals surface area contributed by atoms with Gasteiger partial charge in [-0.15, -0.1) is 11.3 Å². The van der Waals surface area contributed by atoms with Crippen LogP contribution in [0.3, 0.4) is 0 Å². The second-order valence-corrected chi connectivity index (χ2v) is 6.19. The Kier molecular flexibility index (Phi) is 4.78. The van der Waals surface area contributed by atoms with Crippen molar-refractivity contribution in [1.82, 2.24) is 4.98 Å². The van der Waals surface area contributed by atoms with E-state index in [1.807, 2.05) is 35.7 Å². The van der Waals surface area contributed by atoms with Crippen molar-refractivity contribution in [1.29, 1.82) is 0 Å². The lowest BCUT2D eigenvalue weighted by molar-refractivity contribution is 0.570. The molecule has 116 valence electrons. The molecule has 2 aromatic carbocycles. The summed E-state index contributed by atoms with van der Waals surface area (Å²) >= 11 is 4.24. The topological polar surface area (TPSA) is 37.3 Å². The number of hydrogen-bond donors (Lipinski definition) is 1. The fourth-order valence-corrected chi connectivity index (χ4v) is 2.89. The zero-order chi connectivity index (χ0) is 16.2. The summed E-state index contributed by atoms with van der Waals surface area (Å²) in [5.41, 5.74) is 4.76. The van der Waals surface area contributed by atoms with E-state index >= 15 is 0 Å². The third kappa shape index (κ3) is 3.62. The molecule has 3 rings (SSSR count). The minimum Gasteiger partial charge on any atom is -0.253 e. The van der Waals surface area contributed by atoms with Gasteiger partial charge in [0, 0.05) is 16.5 Å². The minimum absolute atomic E-state index is 0.172. The predicted octanol–water partition coefficient (Wildman–Crippen LogP) is 5.30. The molecule has 0 radical (unpaired) electrons. The molecule has 0 fully saturated rings. The number of nitrogens with one attached hydrogen (secondary N) is 1. The van der Waals surface area contributed by atoms with Crippen LogP contribution in [-0.4, -0.2) is 11.2 Å². The summed E-state index contributed by atoms with van der Waals surface area (Å²) in [6.07, 6.45) is 1.28. The first kappa shape index (κ1) is 15.8. The standard InChI is InChI=1S/C16H10BrF2N3S/c17-14-12(18)7-6-11(15(14)19)8-20-22-16-21-13(9-23-16)10-4-2-1-3-5-10/h1-9H,(H,21,22). The zero-order valence-electron chi connectivity index (χ0n) is 11.6. The number of nitrogens with zero attached hydrogens (tertiary/aromatic N) is 2. The van der Waals surface area contributed by atoms with Gasteiger partial charge in [-0.2, -0.15) is 5.10 Å². The highest BCUT2D eigenvalue weighted by atomic mass is 79.9. The summed E-state index contributed by atoms with van der Waals surface area (Å²) < 4.78 is 26.7. The Labute approximate surface area is 143 Å². The van der Waals surface area contributed by atoms with E-state index in [0.717, 1.165) is 11.3 Å². The molecule has 7 heteroatoms. The van der Waals surface area contributed by atoms with Crippen LogP contribution in [0, 0.1) is 11.6 Å². The first-order valence-corrected chi connectivity index (χ1v) is 8.26. The van der Waals surface area contributed by atoms with E-state index in [1.54, 1.807) is 0 Å². The quantitative estimate of drug-likeness (QED) is 0.371. The Balaban J connectivity index is 1.72. The van der Waals surface area contributed by atoms with Gasteiger partial charge in [0.2, 0.25) is 5.13 Å². The third-order valence-corrected chi connectivity index (χ3v) is 4.48. The summed E-state index contributed by atoms with van der Waals surface area (Å²) in [5, 5.41) is 6.43. The summed E-state index contributed by atoms with van der Waals surface area (Å²) in [7, 11) is 0. The van der Waals surface area contributed by atoms with Gasteiger partial charge in [0.05, 0.1) is 16.4 Å². The van der Waals surface area contributed by atoms with Gasteiger partial charge in [-0.1, -0.05) is 30.3 Å². The molecule has 1 aromatic heterocycles. The minimum atomic E-state index is -0.695. The maximum absolute atomic E-state index is 13.8.